The van der Waals surface area contributed by atoms with Crippen molar-refractivity contribution >= 4 is 11.3 Å². The number of aromatic amines is 1. The van der Waals surface area contributed by atoms with Crippen LogP contribution in [0.25, 0.3) is 11.3 Å². The molecule has 7 nitrogen and oxygen atoms in total. The second kappa shape index (κ2) is 8.12. The first-order valence-electron chi connectivity index (χ1n) is 8.44. The minimum atomic E-state index is -4.89. The molecule has 10 heteroatoms. The molecule has 0 bridgehead atoms. The lowest BCUT2D eigenvalue weighted by atomic mass is 10.1. The van der Waals surface area contributed by atoms with E-state index in [0.29, 0.717) is 12.0 Å². The zero-order chi connectivity index (χ0) is 20.1. The Bertz CT molecular complexity index is 1090. The van der Waals surface area contributed by atoms with Crippen molar-refractivity contribution in [1.29, 1.82) is 0 Å². The number of unbranched alkanes of at least 4 members (excludes halogenated alkanes) is 2. The third-order valence-corrected chi connectivity index (χ3v) is 3.74. The van der Waals surface area contributed by atoms with Crippen molar-refractivity contribution in [3.05, 3.63) is 45.4 Å². The molecule has 0 spiro atoms. The molecule has 0 radical (unpaired) electrons. The Labute approximate surface area is 156 Å². The van der Waals surface area contributed by atoms with E-state index in [1.165, 1.54) is 12.1 Å². The van der Waals surface area contributed by atoms with E-state index in [1.807, 2.05) is 6.92 Å². The SMILES string of the molecule is CCCCC#Cc1ccc(Cc2nc3nonc3[nH]c2=O)c(OC(F)(F)F)c1. The van der Waals surface area contributed by atoms with Crippen molar-refractivity contribution in [1.82, 2.24) is 20.3 Å². The van der Waals surface area contributed by atoms with Crippen LogP contribution in [0.5, 0.6) is 5.75 Å². The summed E-state index contributed by atoms with van der Waals surface area (Å²) in [5.41, 5.74) is -0.0338. The molecule has 3 rings (SSSR count). The topological polar surface area (TPSA) is 93.9 Å². The number of rotatable bonds is 5. The fraction of sp³-hybridized carbons (Fsp3) is 0.333. The van der Waals surface area contributed by atoms with Gasteiger partial charge in [0.1, 0.15) is 11.4 Å². The average molecular weight is 392 g/mol. The molecule has 0 unspecified atom stereocenters. The van der Waals surface area contributed by atoms with Gasteiger partial charge >= 0.3 is 6.36 Å². The van der Waals surface area contributed by atoms with E-state index >= 15 is 0 Å². The van der Waals surface area contributed by atoms with Crippen molar-refractivity contribution in [3.63, 3.8) is 0 Å². The molecule has 0 aliphatic heterocycles. The van der Waals surface area contributed by atoms with Gasteiger partial charge in [-0.05, 0) is 28.9 Å². The van der Waals surface area contributed by atoms with Crippen LogP contribution in [-0.2, 0) is 6.42 Å². The first kappa shape index (κ1) is 19.4. The number of H-pyrrole nitrogens is 1. The first-order valence-corrected chi connectivity index (χ1v) is 8.44. The summed E-state index contributed by atoms with van der Waals surface area (Å²) in [5, 5.41) is 6.96. The van der Waals surface area contributed by atoms with Crippen molar-refractivity contribution in [2.24, 2.45) is 0 Å². The van der Waals surface area contributed by atoms with Crippen LogP contribution in [0.3, 0.4) is 0 Å². The van der Waals surface area contributed by atoms with Gasteiger partial charge in [0.25, 0.3) is 5.56 Å². The van der Waals surface area contributed by atoms with Gasteiger partial charge in [-0.3, -0.25) is 9.78 Å². The minimum Gasteiger partial charge on any atom is -0.405 e. The molecule has 0 saturated carbocycles. The average Bonchev–Trinajstić information content (AvgIpc) is 3.06. The number of halogens is 3. The lowest BCUT2D eigenvalue weighted by Gasteiger charge is -2.13. The Kier molecular flexibility index (Phi) is 5.63. The van der Waals surface area contributed by atoms with Crippen molar-refractivity contribution in [2.75, 3.05) is 0 Å². The maximum atomic E-state index is 12.8. The van der Waals surface area contributed by atoms with E-state index in [-0.39, 0.29) is 29.0 Å². The highest BCUT2D eigenvalue weighted by molar-refractivity contribution is 5.62. The summed E-state index contributed by atoms with van der Waals surface area (Å²) in [6.07, 6.45) is -2.55. The van der Waals surface area contributed by atoms with Gasteiger partial charge in [0, 0.05) is 24.0 Å². The highest BCUT2D eigenvalue weighted by Gasteiger charge is 2.32. The minimum absolute atomic E-state index is 0.0444. The molecule has 3 aromatic rings. The highest BCUT2D eigenvalue weighted by Crippen LogP contribution is 2.28. The van der Waals surface area contributed by atoms with Crippen LogP contribution in [0.1, 0.15) is 43.0 Å². The van der Waals surface area contributed by atoms with E-state index < -0.39 is 17.7 Å². The molecule has 0 aliphatic rings. The lowest BCUT2D eigenvalue weighted by Crippen LogP contribution is -2.20. The van der Waals surface area contributed by atoms with E-state index in [9.17, 15) is 18.0 Å². The molecule has 0 saturated heterocycles. The van der Waals surface area contributed by atoms with E-state index in [4.69, 9.17) is 0 Å². The Balaban J connectivity index is 1.94. The molecular weight excluding hydrogens is 377 g/mol. The van der Waals surface area contributed by atoms with Crippen LogP contribution in [-0.4, -0.2) is 26.6 Å². The summed E-state index contributed by atoms with van der Waals surface area (Å²) in [6.45, 7) is 2.02. The van der Waals surface area contributed by atoms with Crippen LogP contribution >= 0.6 is 0 Å². The normalized spacial score (nSPS) is 11.3. The molecule has 0 fully saturated rings. The summed E-state index contributed by atoms with van der Waals surface area (Å²) >= 11 is 0. The lowest BCUT2D eigenvalue weighted by molar-refractivity contribution is -0.274. The van der Waals surface area contributed by atoms with Crippen LogP contribution in [0.4, 0.5) is 13.2 Å². The number of alkyl halides is 3. The third-order valence-electron chi connectivity index (χ3n) is 3.74. The molecule has 1 aromatic carbocycles. The van der Waals surface area contributed by atoms with Crippen LogP contribution in [0, 0.1) is 11.8 Å². The fourth-order valence-corrected chi connectivity index (χ4v) is 2.42. The molecule has 0 aliphatic carbocycles. The second-order valence-electron chi connectivity index (χ2n) is 5.90. The zero-order valence-corrected chi connectivity index (χ0v) is 14.8. The number of hydrogen-bond donors (Lipinski definition) is 1. The van der Waals surface area contributed by atoms with Crippen molar-refractivity contribution in [2.45, 2.75) is 39.0 Å². The summed E-state index contributed by atoms with van der Waals surface area (Å²) in [7, 11) is 0. The maximum Gasteiger partial charge on any atom is 0.573 e. The van der Waals surface area contributed by atoms with Gasteiger partial charge in [-0.2, -0.15) is 0 Å². The molecule has 28 heavy (non-hydrogen) atoms. The second-order valence-corrected chi connectivity index (χ2v) is 5.90. The maximum absolute atomic E-state index is 12.8. The van der Waals surface area contributed by atoms with Crippen LogP contribution in [0.2, 0.25) is 0 Å². The number of nitrogens with zero attached hydrogens (tertiary/aromatic N) is 3. The van der Waals surface area contributed by atoms with Gasteiger partial charge < -0.3 is 4.74 Å². The molecule has 2 heterocycles. The molecule has 2 aromatic heterocycles. The molecule has 0 amide bonds. The largest absolute Gasteiger partial charge is 0.573 e. The van der Waals surface area contributed by atoms with Crippen molar-refractivity contribution < 1.29 is 22.5 Å². The van der Waals surface area contributed by atoms with E-state index in [0.717, 1.165) is 12.8 Å². The molecular formula is C18H15F3N4O3. The smallest absolute Gasteiger partial charge is 0.405 e. The highest BCUT2D eigenvalue weighted by atomic mass is 19.4. The summed E-state index contributed by atoms with van der Waals surface area (Å²) in [6, 6.07) is 4.20. The first-order chi connectivity index (χ1) is 13.4. The predicted molar refractivity (Wildman–Crippen MR) is 92.6 cm³/mol. The van der Waals surface area contributed by atoms with Crippen LogP contribution in [0.15, 0.2) is 27.6 Å². The number of hydrogen-bond acceptors (Lipinski definition) is 6. The van der Waals surface area contributed by atoms with Gasteiger partial charge in [0.05, 0.1) is 0 Å². The third kappa shape index (κ3) is 4.88. The van der Waals surface area contributed by atoms with Gasteiger partial charge in [0.2, 0.25) is 11.3 Å². The van der Waals surface area contributed by atoms with E-state index in [1.54, 1.807) is 6.07 Å². The predicted octanol–water partition coefficient (Wildman–Crippen LogP) is 3.34. The van der Waals surface area contributed by atoms with Gasteiger partial charge in [-0.25, -0.2) is 9.61 Å². The number of ether oxygens (including phenoxy) is 1. The molecule has 146 valence electrons. The quantitative estimate of drug-likeness (QED) is 0.529. The summed E-state index contributed by atoms with van der Waals surface area (Å²) < 4.78 is 47.0. The zero-order valence-electron chi connectivity index (χ0n) is 14.8. The fourth-order valence-electron chi connectivity index (χ4n) is 2.42. The molecule has 0 atom stereocenters. The summed E-state index contributed by atoms with van der Waals surface area (Å²) in [5.74, 6) is 5.29. The van der Waals surface area contributed by atoms with E-state index in [2.05, 4.69) is 41.5 Å². The standard InChI is InChI=1S/C18H15F3N4O3/c1-2-3-4-5-6-11-7-8-12(14(9-11)27-18(19,20)21)10-13-17(26)23-16-15(22-13)24-28-25-16/h7-9H,2-4,10H2,1H3,(H,23,25,26). The Morgan fingerprint density at radius 3 is 2.86 bits per heavy atom. The Morgan fingerprint density at radius 2 is 2.11 bits per heavy atom. The van der Waals surface area contributed by atoms with Gasteiger partial charge in [-0.1, -0.05) is 31.3 Å². The number of fused-ring (bicyclic) bond motifs is 1. The van der Waals surface area contributed by atoms with Crippen LogP contribution < -0.4 is 10.3 Å². The van der Waals surface area contributed by atoms with Crippen molar-refractivity contribution in [3.8, 4) is 17.6 Å². The van der Waals surface area contributed by atoms with Gasteiger partial charge in [-0.15, -0.1) is 13.2 Å². The number of nitrogens with one attached hydrogen (secondary N) is 1. The summed E-state index contributed by atoms with van der Waals surface area (Å²) in [4.78, 5) is 18.5. The Hall–Kier alpha value is -3.35. The Morgan fingerprint density at radius 1 is 1.29 bits per heavy atom. The number of aromatic nitrogens is 4. The number of benzene rings is 1. The molecule has 1 N–H and O–H groups in total. The van der Waals surface area contributed by atoms with Gasteiger partial charge in [0.15, 0.2) is 0 Å². The monoisotopic (exact) mass is 392 g/mol.